The molecule has 2 rings (SSSR count). The van der Waals surface area contributed by atoms with Crippen LogP contribution in [-0.2, 0) is 9.59 Å². The molecule has 1 saturated heterocycles. The highest BCUT2D eigenvalue weighted by molar-refractivity contribution is 8.13. The smallest absolute Gasteiger partial charge is 0.227 e. The van der Waals surface area contributed by atoms with Gasteiger partial charge in [0.15, 0.2) is 22.6 Å². The van der Waals surface area contributed by atoms with Crippen molar-refractivity contribution in [2.75, 3.05) is 17.2 Å². The summed E-state index contributed by atoms with van der Waals surface area (Å²) < 4.78 is 39.7. The van der Waals surface area contributed by atoms with Crippen LogP contribution in [0.1, 0.15) is 13.3 Å². The summed E-state index contributed by atoms with van der Waals surface area (Å²) in [6, 6.07) is 1.84. The third-order valence-corrected chi connectivity index (χ3v) is 4.08. The molecule has 20 heavy (non-hydrogen) atoms. The van der Waals surface area contributed by atoms with Crippen LogP contribution < -0.4 is 4.90 Å². The van der Waals surface area contributed by atoms with E-state index in [2.05, 4.69) is 0 Å². The molecule has 0 aromatic heterocycles. The summed E-state index contributed by atoms with van der Waals surface area (Å²) in [7, 11) is 0. The quantitative estimate of drug-likeness (QED) is 0.806. The van der Waals surface area contributed by atoms with Crippen molar-refractivity contribution in [1.82, 2.24) is 0 Å². The van der Waals surface area contributed by atoms with Crippen molar-refractivity contribution >= 4 is 28.5 Å². The first kappa shape index (κ1) is 14.9. The van der Waals surface area contributed by atoms with Crippen LogP contribution in [0.3, 0.4) is 0 Å². The standard InChI is InChI=1S/C13H12F3NO2S/c1-7(18)20-6-8-4-11(19)17(5-8)10-3-2-9(14)12(15)13(10)16/h2-3,8H,4-6H2,1H3. The number of nitrogens with zero attached hydrogens (tertiary/aromatic N) is 1. The third-order valence-electron chi connectivity index (χ3n) is 3.03. The molecule has 1 unspecified atom stereocenters. The second-order valence-electron chi connectivity index (χ2n) is 4.57. The van der Waals surface area contributed by atoms with Gasteiger partial charge in [-0.25, -0.2) is 13.2 Å². The van der Waals surface area contributed by atoms with E-state index in [1.54, 1.807) is 0 Å². The molecule has 0 spiro atoms. The van der Waals surface area contributed by atoms with Gasteiger partial charge in [-0.2, -0.15) is 0 Å². The fourth-order valence-electron chi connectivity index (χ4n) is 2.09. The number of amides is 1. The van der Waals surface area contributed by atoms with Gasteiger partial charge in [-0.05, 0) is 18.1 Å². The van der Waals surface area contributed by atoms with Crippen molar-refractivity contribution < 1.29 is 22.8 Å². The lowest BCUT2D eigenvalue weighted by molar-refractivity contribution is -0.117. The first-order valence-electron chi connectivity index (χ1n) is 5.97. The summed E-state index contributed by atoms with van der Waals surface area (Å²) in [6.07, 6.45) is 0.165. The molecule has 1 aromatic carbocycles. The molecule has 0 saturated carbocycles. The summed E-state index contributed by atoms with van der Waals surface area (Å²) in [5.74, 6) is -4.26. The number of carbonyl (C=O) groups is 2. The predicted molar refractivity (Wildman–Crippen MR) is 69.9 cm³/mol. The van der Waals surface area contributed by atoms with E-state index in [0.29, 0.717) is 5.75 Å². The van der Waals surface area contributed by atoms with E-state index in [1.807, 2.05) is 0 Å². The Labute approximate surface area is 118 Å². The van der Waals surface area contributed by atoms with Gasteiger partial charge < -0.3 is 4.90 Å². The molecule has 1 amide bonds. The predicted octanol–water partition coefficient (Wildman–Crippen LogP) is 2.74. The number of thioether (sulfide) groups is 1. The number of hydrogen-bond acceptors (Lipinski definition) is 3. The van der Waals surface area contributed by atoms with Crippen molar-refractivity contribution in [1.29, 1.82) is 0 Å². The minimum Gasteiger partial charge on any atom is -0.309 e. The van der Waals surface area contributed by atoms with E-state index in [1.165, 1.54) is 6.92 Å². The van der Waals surface area contributed by atoms with E-state index in [4.69, 9.17) is 0 Å². The van der Waals surface area contributed by atoms with Crippen LogP contribution in [0.2, 0.25) is 0 Å². The van der Waals surface area contributed by atoms with Crippen molar-refractivity contribution in [2.24, 2.45) is 5.92 Å². The molecule has 1 aromatic rings. The minimum absolute atomic E-state index is 0.0603. The molecule has 1 aliphatic rings. The Morgan fingerprint density at radius 3 is 2.70 bits per heavy atom. The van der Waals surface area contributed by atoms with Crippen LogP contribution in [0, 0.1) is 23.4 Å². The molecule has 0 N–H and O–H groups in total. The van der Waals surface area contributed by atoms with Gasteiger partial charge in [-0.3, -0.25) is 9.59 Å². The van der Waals surface area contributed by atoms with Crippen LogP contribution in [0.25, 0.3) is 0 Å². The molecule has 1 atom stereocenters. The normalized spacial score (nSPS) is 18.7. The van der Waals surface area contributed by atoms with E-state index < -0.39 is 17.5 Å². The van der Waals surface area contributed by atoms with Gasteiger partial charge >= 0.3 is 0 Å². The SMILES string of the molecule is CC(=O)SCC1CC(=O)N(c2ccc(F)c(F)c2F)C1. The molecule has 7 heteroatoms. The van der Waals surface area contributed by atoms with Gasteiger partial charge in [0.1, 0.15) is 0 Å². The summed E-state index contributed by atoms with van der Waals surface area (Å²) in [5, 5.41) is -0.0603. The average molecular weight is 303 g/mol. The maximum Gasteiger partial charge on any atom is 0.227 e. The maximum absolute atomic E-state index is 13.7. The van der Waals surface area contributed by atoms with Crippen LogP contribution in [0.5, 0.6) is 0 Å². The van der Waals surface area contributed by atoms with Gasteiger partial charge in [0.25, 0.3) is 0 Å². The second kappa shape index (κ2) is 5.87. The van der Waals surface area contributed by atoms with Crippen LogP contribution >= 0.6 is 11.8 Å². The lowest BCUT2D eigenvalue weighted by atomic mass is 10.1. The summed E-state index contributed by atoms with van der Waals surface area (Å²) in [6.45, 7) is 1.62. The molecule has 3 nitrogen and oxygen atoms in total. The van der Waals surface area contributed by atoms with E-state index in [9.17, 15) is 22.8 Å². The van der Waals surface area contributed by atoms with Crippen molar-refractivity contribution in [3.05, 3.63) is 29.6 Å². The molecule has 1 heterocycles. The monoisotopic (exact) mass is 303 g/mol. The molecule has 1 aliphatic heterocycles. The number of benzene rings is 1. The number of rotatable bonds is 3. The molecular weight excluding hydrogens is 291 g/mol. The van der Waals surface area contributed by atoms with E-state index in [0.717, 1.165) is 28.8 Å². The second-order valence-corrected chi connectivity index (χ2v) is 5.77. The zero-order chi connectivity index (χ0) is 14.9. The van der Waals surface area contributed by atoms with Gasteiger partial charge in [0.2, 0.25) is 5.91 Å². The minimum atomic E-state index is -1.59. The van der Waals surface area contributed by atoms with Crippen molar-refractivity contribution in [2.45, 2.75) is 13.3 Å². The van der Waals surface area contributed by atoms with E-state index >= 15 is 0 Å². The molecule has 0 bridgehead atoms. The third kappa shape index (κ3) is 2.98. The van der Waals surface area contributed by atoms with Gasteiger partial charge in [0, 0.05) is 25.6 Å². The van der Waals surface area contributed by atoms with Gasteiger partial charge in [0.05, 0.1) is 5.69 Å². The molecule has 0 aliphatic carbocycles. The largest absolute Gasteiger partial charge is 0.309 e. The molecule has 1 fully saturated rings. The maximum atomic E-state index is 13.7. The zero-order valence-electron chi connectivity index (χ0n) is 10.7. The fraction of sp³-hybridized carbons (Fsp3) is 0.385. The lowest BCUT2D eigenvalue weighted by Crippen LogP contribution is -2.26. The Hall–Kier alpha value is -1.50. The Morgan fingerprint density at radius 2 is 2.05 bits per heavy atom. The summed E-state index contributed by atoms with van der Waals surface area (Å²) in [5.41, 5.74) is -0.260. The highest BCUT2D eigenvalue weighted by Gasteiger charge is 2.33. The molecular formula is C13H12F3NO2S. The number of carbonyl (C=O) groups excluding carboxylic acids is 2. The van der Waals surface area contributed by atoms with Crippen LogP contribution in [0.15, 0.2) is 12.1 Å². The van der Waals surface area contributed by atoms with Gasteiger partial charge in [-0.1, -0.05) is 11.8 Å². The van der Waals surface area contributed by atoms with Crippen molar-refractivity contribution in [3.8, 4) is 0 Å². The Bertz CT molecular complexity index is 565. The van der Waals surface area contributed by atoms with Crippen LogP contribution in [0.4, 0.5) is 18.9 Å². The first-order valence-corrected chi connectivity index (χ1v) is 6.96. The molecule has 0 radical (unpaired) electrons. The number of hydrogen-bond donors (Lipinski definition) is 0. The number of halogens is 3. The number of anilines is 1. The Kier molecular flexibility index (Phi) is 4.37. The first-order chi connectivity index (χ1) is 9.40. The Morgan fingerprint density at radius 1 is 1.35 bits per heavy atom. The molecule has 108 valence electrons. The van der Waals surface area contributed by atoms with Crippen molar-refractivity contribution in [3.63, 3.8) is 0 Å². The topological polar surface area (TPSA) is 37.4 Å². The highest BCUT2D eigenvalue weighted by Crippen LogP contribution is 2.30. The Balaban J connectivity index is 2.16. The summed E-state index contributed by atoms with van der Waals surface area (Å²) in [4.78, 5) is 23.8. The highest BCUT2D eigenvalue weighted by atomic mass is 32.2. The fourth-order valence-corrected chi connectivity index (χ4v) is 2.78. The average Bonchev–Trinajstić information content (AvgIpc) is 2.75. The van der Waals surface area contributed by atoms with Gasteiger partial charge in [-0.15, -0.1) is 0 Å². The lowest BCUT2D eigenvalue weighted by Gasteiger charge is -2.17. The van der Waals surface area contributed by atoms with E-state index in [-0.39, 0.29) is 35.6 Å². The van der Waals surface area contributed by atoms with Crippen LogP contribution in [-0.4, -0.2) is 23.3 Å². The zero-order valence-corrected chi connectivity index (χ0v) is 11.5. The summed E-state index contributed by atoms with van der Waals surface area (Å²) >= 11 is 1.09.